The maximum atomic E-state index is 12.6. The third-order valence-electron chi connectivity index (χ3n) is 2.53. The Balaban J connectivity index is 2.71. The van der Waals surface area contributed by atoms with Crippen LogP contribution in [0.3, 0.4) is 0 Å². The molecule has 108 valence electrons. The molecule has 5 heteroatoms. The van der Waals surface area contributed by atoms with Crippen molar-refractivity contribution >= 4 is 0 Å². The molecule has 0 heterocycles. The molecule has 1 aromatic rings. The molecule has 1 aromatic carbocycles. The molecule has 1 rings (SSSR count). The Bertz CT molecular complexity index is 402. The quantitative estimate of drug-likeness (QED) is 0.796. The molecule has 0 amide bonds. The summed E-state index contributed by atoms with van der Waals surface area (Å²) in [6, 6.07) is 4.96. The Morgan fingerprint density at radius 1 is 1.21 bits per heavy atom. The van der Waals surface area contributed by atoms with Gasteiger partial charge in [0, 0.05) is 6.54 Å². The van der Waals surface area contributed by atoms with Gasteiger partial charge in [0.15, 0.2) is 0 Å². The first kappa shape index (κ1) is 15.8. The van der Waals surface area contributed by atoms with Crippen LogP contribution in [0.2, 0.25) is 0 Å². The molecule has 0 aromatic heterocycles. The molecule has 0 aliphatic carbocycles. The van der Waals surface area contributed by atoms with Crippen LogP contribution in [-0.4, -0.2) is 18.7 Å². The molecule has 0 aliphatic rings. The van der Waals surface area contributed by atoms with E-state index in [0.29, 0.717) is 6.54 Å². The lowest BCUT2D eigenvalue weighted by atomic mass is 10.1. The highest BCUT2D eigenvalue weighted by atomic mass is 19.4. The van der Waals surface area contributed by atoms with Gasteiger partial charge in [-0.25, -0.2) is 0 Å². The average molecular weight is 275 g/mol. The fourth-order valence-electron chi connectivity index (χ4n) is 1.66. The van der Waals surface area contributed by atoms with Crippen molar-refractivity contribution in [1.29, 1.82) is 0 Å². The van der Waals surface area contributed by atoms with Crippen LogP contribution in [0.1, 0.15) is 32.8 Å². The second-order valence-electron chi connectivity index (χ2n) is 5.06. The monoisotopic (exact) mass is 275 g/mol. The van der Waals surface area contributed by atoms with Crippen molar-refractivity contribution in [2.24, 2.45) is 0 Å². The zero-order chi connectivity index (χ0) is 14.5. The van der Waals surface area contributed by atoms with Crippen molar-refractivity contribution in [2.75, 3.05) is 13.1 Å². The fraction of sp³-hybridized carbons (Fsp3) is 0.571. The van der Waals surface area contributed by atoms with Crippen LogP contribution in [0.5, 0.6) is 5.75 Å². The Morgan fingerprint density at radius 3 is 2.47 bits per heavy atom. The highest BCUT2D eigenvalue weighted by Crippen LogP contribution is 2.32. The van der Waals surface area contributed by atoms with Gasteiger partial charge in [-0.05, 0) is 45.0 Å². The van der Waals surface area contributed by atoms with Crippen LogP contribution < -0.4 is 10.1 Å². The summed E-state index contributed by atoms with van der Waals surface area (Å²) in [5.74, 6) is 0.234. The van der Waals surface area contributed by atoms with Crippen LogP contribution in [0.4, 0.5) is 13.2 Å². The van der Waals surface area contributed by atoms with Crippen molar-refractivity contribution in [3.05, 3.63) is 29.8 Å². The summed E-state index contributed by atoms with van der Waals surface area (Å²) in [5, 5.41) is 3.19. The van der Waals surface area contributed by atoms with E-state index < -0.39 is 17.3 Å². The number of halogens is 3. The van der Waals surface area contributed by atoms with Crippen molar-refractivity contribution in [3.63, 3.8) is 0 Å². The lowest BCUT2D eigenvalue weighted by Gasteiger charge is -2.27. The molecule has 1 N–H and O–H groups in total. The van der Waals surface area contributed by atoms with Gasteiger partial charge >= 0.3 is 6.18 Å². The molecule has 0 spiro atoms. The van der Waals surface area contributed by atoms with Crippen LogP contribution in [0.15, 0.2) is 24.3 Å². The van der Waals surface area contributed by atoms with Gasteiger partial charge in [-0.1, -0.05) is 13.0 Å². The SMILES string of the molecule is CCCNCC(C)(C)Oc1cccc(C(F)(F)F)c1. The number of benzene rings is 1. The van der Waals surface area contributed by atoms with E-state index in [9.17, 15) is 13.2 Å². The number of nitrogens with one attached hydrogen (secondary N) is 1. The van der Waals surface area contributed by atoms with Gasteiger partial charge in [0.2, 0.25) is 0 Å². The summed E-state index contributed by atoms with van der Waals surface area (Å²) in [5.41, 5.74) is -1.25. The molecule has 0 bridgehead atoms. The summed E-state index contributed by atoms with van der Waals surface area (Å²) >= 11 is 0. The lowest BCUT2D eigenvalue weighted by molar-refractivity contribution is -0.137. The molecule has 0 atom stereocenters. The fourth-order valence-corrected chi connectivity index (χ4v) is 1.66. The van der Waals surface area contributed by atoms with Crippen molar-refractivity contribution in [1.82, 2.24) is 5.32 Å². The van der Waals surface area contributed by atoms with E-state index in [1.165, 1.54) is 12.1 Å². The van der Waals surface area contributed by atoms with Gasteiger partial charge in [0.25, 0.3) is 0 Å². The predicted octanol–water partition coefficient (Wildman–Crippen LogP) is 3.86. The molecular weight excluding hydrogens is 255 g/mol. The molecular formula is C14H20F3NO. The first-order valence-electron chi connectivity index (χ1n) is 6.31. The van der Waals surface area contributed by atoms with E-state index in [2.05, 4.69) is 5.32 Å². The standard InChI is InChI=1S/C14H20F3NO/c1-4-8-18-10-13(2,3)19-12-7-5-6-11(9-12)14(15,16)17/h5-7,9,18H,4,8,10H2,1-3H3. The Labute approximate surface area is 112 Å². The van der Waals surface area contributed by atoms with E-state index in [1.54, 1.807) is 0 Å². The molecule has 0 saturated heterocycles. The second kappa shape index (κ2) is 6.28. The number of alkyl halides is 3. The largest absolute Gasteiger partial charge is 0.487 e. The zero-order valence-electron chi connectivity index (χ0n) is 11.5. The Morgan fingerprint density at radius 2 is 1.89 bits per heavy atom. The van der Waals surface area contributed by atoms with Gasteiger partial charge in [-0.2, -0.15) is 13.2 Å². The van der Waals surface area contributed by atoms with E-state index >= 15 is 0 Å². The van der Waals surface area contributed by atoms with E-state index in [4.69, 9.17) is 4.74 Å². The molecule has 19 heavy (non-hydrogen) atoms. The first-order valence-corrected chi connectivity index (χ1v) is 6.31. The number of hydrogen-bond donors (Lipinski definition) is 1. The molecule has 0 radical (unpaired) electrons. The maximum absolute atomic E-state index is 12.6. The van der Waals surface area contributed by atoms with Gasteiger partial charge in [0.1, 0.15) is 11.4 Å². The molecule has 0 saturated carbocycles. The highest BCUT2D eigenvalue weighted by Gasteiger charge is 2.31. The lowest BCUT2D eigenvalue weighted by Crippen LogP contribution is -2.40. The van der Waals surface area contributed by atoms with E-state index in [1.807, 2.05) is 20.8 Å². The molecule has 0 unspecified atom stereocenters. The first-order chi connectivity index (χ1) is 8.74. The minimum Gasteiger partial charge on any atom is -0.487 e. The summed E-state index contributed by atoms with van der Waals surface area (Å²) in [7, 11) is 0. The van der Waals surface area contributed by atoms with Gasteiger partial charge in [0.05, 0.1) is 5.56 Å². The summed E-state index contributed by atoms with van der Waals surface area (Å²) in [6.45, 7) is 7.17. The van der Waals surface area contributed by atoms with Crippen LogP contribution >= 0.6 is 0 Å². The summed E-state index contributed by atoms with van der Waals surface area (Å²) in [6.07, 6.45) is -3.34. The summed E-state index contributed by atoms with van der Waals surface area (Å²) in [4.78, 5) is 0. The second-order valence-corrected chi connectivity index (χ2v) is 5.06. The zero-order valence-corrected chi connectivity index (χ0v) is 11.5. The molecule has 0 aliphatic heterocycles. The molecule has 2 nitrogen and oxygen atoms in total. The van der Waals surface area contributed by atoms with E-state index in [-0.39, 0.29) is 5.75 Å². The van der Waals surface area contributed by atoms with Crippen LogP contribution in [0, 0.1) is 0 Å². The number of hydrogen-bond acceptors (Lipinski definition) is 2. The van der Waals surface area contributed by atoms with Crippen molar-refractivity contribution in [2.45, 2.75) is 39.0 Å². The Hall–Kier alpha value is -1.23. The Kier molecular flexibility index (Phi) is 5.23. The number of ether oxygens (including phenoxy) is 1. The predicted molar refractivity (Wildman–Crippen MR) is 69.3 cm³/mol. The average Bonchev–Trinajstić information content (AvgIpc) is 2.27. The number of rotatable bonds is 6. The van der Waals surface area contributed by atoms with Gasteiger partial charge < -0.3 is 10.1 Å². The van der Waals surface area contributed by atoms with Gasteiger partial charge in [-0.3, -0.25) is 0 Å². The molecule has 0 fully saturated rings. The van der Waals surface area contributed by atoms with Gasteiger partial charge in [-0.15, -0.1) is 0 Å². The maximum Gasteiger partial charge on any atom is 0.416 e. The normalized spacial score (nSPS) is 12.5. The van der Waals surface area contributed by atoms with Crippen molar-refractivity contribution < 1.29 is 17.9 Å². The van der Waals surface area contributed by atoms with Crippen LogP contribution in [-0.2, 0) is 6.18 Å². The topological polar surface area (TPSA) is 21.3 Å². The van der Waals surface area contributed by atoms with Crippen LogP contribution in [0.25, 0.3) is 0 Å². The highest BCUT2D eigenvalue weighted by molar-refractivity contribution is 5.30. The minimum atomic E-state index is -4.34. The van der Waals surface area contributed by atoms with E-state index in [0.717, 1.165) is 25.1 Å². The minimum absolute atomic E-state index is 0.234. The third-order valence-corrected chi connectivity index (χ3v) is 2.53. The third kappa shape index (κ3) is 5.51. The van der Waals surface area contributed by atoms with Crippen molar-refractivity contribution in [3.8, 4) is 5.75 Å². The smallest absolute Gasteiger partial charge is 0.416 e. The summed E-state index contributed by atoms with van der Waals surface area (Å²) < 4.78 is 43.4.